The van der Waals surface area contributed by atoms with Crippen LogP contribution in [0.15, 0.2) is 0 Å². The zero-order valence-electron chi connectivity index (χ0n) is 11.5. The molecule has 1 aromatic rings. The minimum Gasteiger partial charge on any atom is -0.212 e. The molecule has 0 aromatic carbocycles. The second kappa shape index (κ2) is 6.28. The summed E-state index contributed by atoms with van der Waals surface area (Å²) in [6, 6.07) is 0. The third kappa shape index (κ3) is 3.52. The van der Waals surface area contributed by atoms with Crippen LogP contribution in [-0.2, 0) is 16.4 Å². The molecule has 0 aliphatic carbocycles. The Hall–Kier alpha value is -0.530. The lowest BCUT2D eigenvalue weighted by Gasteiger charge is -2.29. The molecule has 1 saturated heterocycles. The largest absolute Gasteiger partial charge is 0.214 e. The van der Waals surface area contributed by atoms with Gasteiger partial charge in [0.15, 0.2) is 0 Å². The van der Waals surface area contributed by atoms with Gasteiger partial charge in [0.1, 0.15) is 10.0 Å². The first kappa shape index (κ1) is 14.9. The molecule has 0 bridgehead atoms. The molecule has 7 heteroatoms. The van der Waals surface area contributed by atoms with E-state index in [2.05, 4.69) is 17.1 Å². The van der Waals surface area contributed by atoms with Gasteiger partial charge in [0.05, 0.1) is 5.75 Å². The van der Waals surface area contributed by atoms with Crippen molar-refractivity contribution in [3.63, 3.8) is 0 Å². The van der Waals surface area contributed by atoms with Crippen molar-refractivity contribution >= 4 is 21.4 Å². The highest BCUT2D eigenvalue weighted by molar-refractivity contribution is 7.89. The molecule has 19 heavy (non-hydrogen) atoms. The van der Waals surface area contributed by atoms with Crippen molar-refractivity contribution < 1.29 is 8.42 Å². The Bertz CT molecular complexity index is 505. The van der Waals surface area contributed by atoms with Crippen molar-refractivity contribution in [1.82, 2.24) is 14.5 Å². The molecular formula is C12H21N3O2S2. The lowest BCUT2D eigenvalue weighted by atomic mass is 9.99. The van der Waals surface area contributed by atoms with E-state index in [4.69, 9.17) is 0 Å². The van der Waals surface area contributed by atoms with E-state index in [0.717, 1.165) is 29.3 Å². The van der Waals surface area contributed by atoms with Crippen LogP contribution in [0.1, 0.15) is 49.0 Å². The van der Waals surface area contributed by atoms with Gasteiger partial charge in [0.25, 0.3) is 0 Å². The number of piperidine rings is 1. The van der Waals surface area contributed by atoms with Crippen LogP contribution in [0, 0.1) is 0 Å². The van der Waals surface area contributed by atoms with E-state index in [9.17, 15) is 8.42 Å². The Kier molecular flexibility index (Phi) is 4.92. The highest BCUT2D eigenvalue weighted by atomic mass is 32.2. The lowest BCUT2D eigenvalue weighted by molar-refractivity contribution is 0.318. The van der Waals surface area contributed by atoms with E-state index in [1.807, 2.05) is 6.92 Å². The fraction of sp³-hybridized carbons (Fsp3) is 0.833. The first-order valence-corrected chi connectivity index (χ1v) is 9.29. The molecule has 108 valence electrons. The van der Waals surface area contributed by atoms with Crippen LogP contribution in [0.2, 0.25) is 0 Å². The first-order valence-electron chi connectivity index (χ1n) is 6.87. The summed E-state index contributed by atoms with van der Waals surface area (Å²) in [5, 5.41) is 10.5. The fourth-order valence-electron chi connectivity index (χ4n) is 2.34. The third-order valence-electron chi connectivity index (χ3n) is 3.44. The zero-order valence-corrected chi connectivity index (χ0v) is 13.1. The van der Waals surface area contributed by atoms with Crippen molar-refractivity contribution in [2.24, 2.45) is 0 Å². The highest BCUT2D eigenvalue weighted by Crippen LogP contribution is 2.31. The maximum Gasteiger partial charge on any atom is 0.214 e. The predicted molar refractivity (Wildman–Crippen MR) is 76.9 cm³/mol. The fourth-order valence-corrected chi connectivity index (χ4v) is 4.84. The van der Waals surface area contributed by atoms with Gasteiger partial charge in [-0.2, -0.15) is 0 Å². The lowest BCUT2D eigenvalue weighted by Crippen LogP contribution is -2.39. The van der Waals surface area contributed by atoms with E-state index in [1.165, 1.54) is 0 Å². The summed E-state index contributed by atoms with van der Waals surface area (Å²) in [6.07, 6.45) is 3.32. The average Bonchev–Trinajstić information content (AvgIpc) is 2.87. The van der Waals surface area contributed by atoms with Gasteiger partial charge in [0.2, 0.25) is 10.0 Å². The molecular weight excluding hydrogens is 282 g/mol. The average molecular weight is 303 g/mol. The Balaban J connectivity index is 1.95. The van der Waals surface area contributed by atoms with Crippen LogP contribution in [0.4, 0.5) is 0 Å². The summed E-state index contributed by atoms with van der Waals surface area (Å²) in [5.41, 5.74) is 0. The van der Waals surface area contributed by atoms with E-state index in [0.29, 0.717) is 25.4 Å². The Morgan fingerprint density at radius 1 is 1.26 bits per heavy atom. The molecule has 1 aliphatic heterocycles. The van der Waals surface area contributed by atoms with Gasteiger partial charge >= 0.3 is 0 Å². The van der Waals surface area contributed by atoms with Crippen LogP contribution < -0.4 is 0 Å². The van der Waals surface area contributed by atoms with Crippen molar-refractivity contribution in [1.29, 1.82) is 0 Å². The van der Waals surface area contributed by atoms with Crippen molar-refractivity contribution in [3.05, 3.63) is 10.0 Å². The van der Waals surface area contributed by atoms with Crippen LogP contribution in [-0.4, -0.2) is 41.8 Å². The number of rotatable bonds is 5. The van der Waals surface area contributed by atoms with Gasteiger partial charge in [-0.05, 0) is 25.7 Å². The van der Waals surface area contributed by atoms with Gasteiger partial charge < -0.3 is 0 Å². The van der Waals surface area contributed by atoms with Crippen molar-refractivity contribution in [2.45, 2.75) is 45.4 Å². The molecule has 5 nitrogen and oxygen atoms in total. The molecule has 0 amide bonds. The SMILES string of the molecule is CCCS(=O)(=O)N1CCC(c2nnc(CC)s2)CC1. The zero-order chi connectivity index (χ0) is 13.9. The summed E-state index contributed by atoms with van der Waals surface area (Å²) in [6.45, 7) is 5.21. The quantitative estimate of drug-likeness (QED) is 0.835. The van der Waals surface area contributed by atoms with Gasteiger partial charge in [0, 0.05) is 19.0 Å². The van der Waals surface area contributed by atoms with Gasteiger partial charge in [-0.1, -0.05) is 13.8 Å². The van der Waals surface area contributed by atoms with Crippen molar-refractivity contribution in [3.8, 4) is 0 Å². The summed E-state index contributed by atoms with van der Waals surface area (Å²) in [5.74, 6) is 0.641. The third-order valence-corrected chi connectivity index (χ3v) is 6.75. The number of aryl methyl sites for hydroxylation is 1. The number of hydrogen-bond acceptors (Lipinski definition) is 5. The topological polar surface area (TPSA) is 63.2 Å². The molecule has 1 fully saturated rings. The minimum atomic E-state index is -3.04. The predicted octanol–water partition coefficient (Wildman–Crippen LogP) is 2.02. The number of nitrogens with zero attached hydrogens (tertiary/aromatic N) is 3. The van der Waals surface area contributed by atoms with Crippen LogP contribution in [0.3, 0.4) is 0 Å². The molecule has 2 rings (SSSR count). The Labute approximate surface area is 119 Å². The van der Waals surface area contributed by atoms with E-state index in [1.54, 1.807) is 15.6 Å². The summed E-state index contributed by atoms with van der Waals surface area (Å²) in [4.78, 5) is 0. The van der Waals surface area contributed by atoms with Gasteiger partial charge in [-0.25, -0.2) is 12.7 Å². The van der Waals surface area contributed by atoms with Crippen LogP contribution in [0.25, 0.3) is 0 Å². The number of aromatic nitrogens is 2. The molecule has 1 aliphatic rings. The molecule has 0 saturated carbocycles. The maximum absolute atomic E-state index is 12.0. The molecule has 0 unspecified atom stereocenters. The highest BCUT2D eigenvalue weighted by Gasteiger charge is 2.29. The van der Waals surface area contributed by atoms with Crippen LogP contribution in [0.5, 0.6) is 0 Å². The normalized spacial score (nSPS) is 18.8. The van der Waals surface area contributed by atoms with Crippen molar-refractivity contribution in [2.75, 3.05) is 18.8 Å². The molecule has 1 aromatic heterocycles. The van der Waals surface area contributed by atoms with E-state index >= 15 is 0 Å². The second-order valence-electron chi connectivity index (χ2n) is 4.88. The van der Waals surface area contributed by atoms with E-state index in [-0.39, 0.29) is 5.75 Å². The first-order chi connectivity index (χ1) is 9.06. The van der Waals surface area contributed by atoms with Gasteiger partial charge in [-0.15, -0.1) is 21.5 Å². The molecule has 0 atom stereocenters. The molecule has 0 radical (unpaired) electrons. The molecule has 2 heterocycles. The molecule has 0 spiro atoms. The number of hydrogen-bond donors (Lipinski definition) is 0. The smallest absolute Gasteiger partial charge is 0.212 e. The molecule has 0 N–H and O–H groups in total. The Morgan fingerprint density at radius 2 is 1.95 bits per heavy atom. The van der Waals surface area contributed by atoms with E-state index < -0.39 is 10.0 Å². The standard InChI is InChI=1S/C12H21N3O2S2/c1-3-9-19(16,17)15-7-5-10(6-8-15)12-14-13-11(4-2)18-12/h10H,3-9H2,1-2H3. The minimum absolute atomic E-state index is 0.260. The summed E-state index contributed by atoms with van der Waals surface area (Å²) in [7, 11) is -3.04. The van der Waals surface area contributed by atoms with Gasteiger partial charge in [-0.3, -0.25) is 0 Å². The summed E-state index contributed by atoms with van der Waals surface area (Å²) < 4.78 is 25.6. The monoisotopic (exact) mass is 303 g/mol. The second-order valence-corrected chi connectivity index (χ2v) is 8.06. The maximum atomic E-state index is 12.0. The van der Waals surface area contributed by atoms with Crippen LogP contribution >= 0.6 is 11.3 Å². The summed E-state index contributed by atoms with van der Waals surface area (Å²) >= 11 is 1.67. The Morgan fingerprint density at radius 3 is 2.47 bits per heavy atom. The number of sulfonamides is 1.